The zero-order valence-electron chi connectivity index (χ0n) is 12.0. The van der Waals surface area contributed by atoms with E-state index in [0.717, 1.165) is 31.2 Å². The Morgan fingerprint density at radius 1 is 1.32 bits per heavy atom. The van der Waals surface area contributed by atoms with Gasteiger partial charge >= 0.3 is 0 Å². The van der Waals surface area contributed by atoms with Crippen molar-refractivity contribution in [1.29, 1.82) is 0 Å². The van der Waals surface area contributed by atoms with Gasteiger partial charge in [-0.05, 0) is 67.6 Å². The zero-order valence-corrected chi connectivity index (χ0v) is 13.6. The van der Waals surface area contributed by atoms with Crippen molar-refractivity contribution in [3.05, 3.63) is 33.8 Å². The highest BCUT2D eigenvalue weighted by atomic mass is 35.5. The third kappa shape index (κ3) is 3.85. The summed E-state index contributed by atoms with van der Waals surface area (Å²) in [6, 6.07) is 4.12. The van der Waals surface area contributed by atoms with E-state index >= 15 is 0 Å². The zero-order chi connectivity index (χ0) is 13.3. The summed E-state index contributed by atoms with van der Waals surface area (Å²) in [6.45, 7) is 10.6. The smallest absolute Gasteiger partial charge is 0.0411 e. The number of hydrogen-bond donors (Lipinski definition) is 1. The second kappa shape index (κ2) is 6.45. The van der Waals surface area contributed by atoms with Crippen LogP contribution in [0.15, 0.2) is 12.1 Å². The number of likely N-dealkylation sites (tertiary alicyclic amines) is 1. The van der Waals surface area contributed by atoms with E-state index in [-0.39, 0.29) is 12.4 Å². The Bertz CT molecular complexity index is 425. The Morgan fingerprint density at radius 2 is 1.89 bits per heavy atom. The summed E-state index contributed by atoms with van der Waals surface area (Å²) < 4.78 is 0. The molecule has 0 spiro atoms. The first-order chi connectivity index (χ1) is 8.43. The molecule has 2 rings (SSSR count). The van der Waals surface area contributed by atoms with Crippen LogP contribution < -0.4 is 5.73 Å². The van der Waals surface area contributed by atoms with Crippen LogP contribution in [-0.4, -0.2) is 24.5 Å². The summed E-state index contributed by atoms with van der Waals surface area (Å²) in [5.41, 5.74) is 10.2. The summed E-state index contributed by atoms with van der Waals surface area (Å²) >= 11 is 6.08. The summed E-state index contributed by atoms with van der Waals surface area (Å²) in [6.07, 6.45) is 1.20. The quantitative estimate of drug-likeness (QED) is 0.925. The SMILES string of the molecule is Cc1cc(Cl)cc(C)c1CN1CCC(C)(CN)C1.Cl. The molecule has 0 aliphatic carbocycles. The molecule has 0 bridgehead atoms. The largest absolute Gasteiger partial charge is 0.330 e. The van der Waals surface area contributed by atoms with E-state index in [9.17, 15) is 0 Å². The van der Waals surface area contributed by atoms with Crippen LogP contribution in [0.1, 0.15) is 30.0 Å². The van der Waals surface area contributed by atoms with Crippen molar-refractivity contribution >= 4 is 24.0 Å². The fraction of sp³-hybridized carbons (Fsp3) is 0.600. The maximum absolute atomic E-state index is 6.08. The molecule has 19 heavy (non-hydrogen) atoms. The molecular formula is C15H24Cl2N2. The molecule has 0 radical (unpaired) electrons. The predicted octanol–water partition coefficient (Wildman–Crippen LogP) is 3.55. The van der Waals surface area contributed by atoms with Gasteiger partial charge in [0.05, 0.1) is 0 Å². The number of rotatable bonds is 3. The molecule has 0 saturated carbocycles. The minimum absolute atomic E-state index is 0. The van der Waals surface area contributed by atoms with Crippen molar-refractivity contribution in [2.45, 2.75) is 33.7 Å². The average Bonchev–Trinajstić information content (AvgIpc) is 2.66. The van der Waals surface area contributed by atoms with Gasteiger partial charge in [0.2, 0.25) is 0 Å². The Labute approximate surface area is 127 Å². The Morgan fingerprint density at radius 3 is 2.37 bits per heavy atom. The third-order valence-electron chi connectivity index (χ3n) is 4.17. The molecule has 1 atom stereocenters. The van der Waals surface area contributed by atoms with E-state index in [2.05, 4.69) is 37.8 Å². The van der Waals surface area contributed by atoms with Gasteiger partial charge < -0.3 is 5.73 Å². The minimum atomic E-state index is 0. The van der Waals surface area contributed by atoms with Crippen LogP contribution in [0.2, 0.25) is 5.02 Å². The summed E-state index contributed by atoms with van der Waals surface area (Å²) in [7, 11) is 0. The van der Waals surface area contributed by atoms with Crippen molar-refractivity contribution in [1.82, 2.24) is 4.90 Å². The van der Waals surface area contributed by atoms with Crippen LogP contribution in [0.5, 0.6) is 0 Å². The first kappa shape index (κ1) is 16.8. The number of nitrogens with zero attached hydrogens (tertiary/aromatic N) is 1. The maximum atomic E-state index is 6.08. The van der Waals surface area contributed by atoms with Gasteiger partial charge in [-0.1, -0.05) is 18.5 Å². The normalized spacial score (nSPS) is 23.4. The van der Waals surface area contributed by atoms with E-state index in [1.54, 1.807) is 0 Å². The van der Waals surface area contributed by atoms with Gasteiger partial charge in [0.1, 0.15) is 0 Å². The van der Waals surface area contributed by atoms with Crippen molar-refractivity contribution in [3.8, 4) is 0 Å². The van der Waals surface area contributed by atoms with Gasteiger partial charge in [-0.15, -0.1) is 12.4 Å². The number of halogens is 2. The molecule has 4 heteroatoms. The van der Waals surface area contributed by atoms with Crippen molar-refractivity contribution in [2.75, 3.05) is 19.6 Å². The van der Waals surface area contributed by atoms with Crippen LogP contribution in [0.3, 0.4) is 0 Å². The number of nitrogens with two attached hydrogens (primary N) is 1. The Balaban J connectivity index is 0.00000180. The average molecular weight is 303 g/mol. The van der Waals surface area contributed by atoms with E-state index in [0.29, 0.717) is 5.41 Å². The topological polar surface area (TPSA) is 29.3 Å². The first-order valence-corrected chi connectivity index (χ1v) is 6.99. The third-order valence-corrected chi connectivity index (χ3v) is 4.39. The summed E-state index contributed by atoms with van der Waals surface area (Å²) in [5.74, 6) is 0. The number of hydrogen-bond acceptors (Lipinski definition) is 2. The van der Waals surface area contributed by atoms with Gasteiger partial charge in [-0.2, -0.15) is 0 Å². The highest BCUT2D eigenvalue weighted by molar-refractivity contribution is 6.30. The molecule has 1 unspecified atom stereocenters. The lowest BCUT2D eigenvalue weighted by molar-refractivity contribution is 0.273. The van der Waals surface area contributed by atoms with Gasteiger partial charge in [0.15, 0.2) is 0 Å². The van der Waals surface area contributed by atoms with Crippen molar-refractivity contribution in [2.24, 2.45) is 11.1 Å². The molecule has 108 valence electrons. The Hall–Kier alpha value is -0.280. The van der Waals surface area contributed by atoms with Crippen LogP contribution in [0.4, 0.5) is 0 Å². The summed E-state index contributed by atoms with van der Waals surface area (Å²) in [4.78, 5) is 2.51. The molecule has 0 aromatic heterocycles. The lowest BCUT2D eigenvalue weighted by Gasteiger charge is -2.23. The standard InChI is InChI=1S/C15H23ClN2.ClH/c1-11-6-13(16)7-12(2)14(11)8-18-5-4-15(3,9-17)10-18;/h6-7H,4-5,8-10,17H2,1-3H3;1H. The fourth-order valence-electron chi connectivity index (χ4n) is 2.84. The second-order valence-electron chi connectivity index (χ2n) is 5.99. The monoisotopic (exact) mass is 302 g/mol. The summed E-state index contributed by atoms with van der Waals surface area (Å²) in [5, 5.41) is 0.835. The Kier molecular flexibility index (Phi) is 5.69. The maximum Gasteiger partial charge on any atom is 0.0411 e. The van der Waals surface area contributed by atoms with Crippen LogP contribution in [0.25, 0.3) is 0 Å². The van der Waals surface area contributed by atoms with Crippen molar-refractivity contribution < 1.29 is 0 Å². The van der Waals surface area contributed by atoms with Crippen LogP contribution >= 0.6 is 24.0 Å². The van der Waals surface area contributed by atoms with Gasteiger partial charge in [-0.3, -0.25) is 4.90 Å². The van der Waals surface area contributed by atoms with Crippen LogP contribution in [-0.2, 0) is 6.54 Å². The molecule has 1 saturated heterocycles. The number of benzene rings is 1. The predicted molar refractivity (Wildman–Crippen MR) is 85.2 cm³/mol. The highest BCUT2D eigenvalue weighted by Crippen LogP contribution is 2.31. The lowest BCUT2D eigenvalue weighted by atomic mass is 9.90. The minimum Gasteiger partial charge on any atom is -0.330 e. The molecule has 0 amide bonds. The molecule has 2 nitrogen and oxygen atoms in total. The molecule has 1 aromatic carbocycles. The number of aryl methyl sites for hydroxylation is 2. The fourth-order valence-corrected chi connectivity index (χ4v) is 3.17. The van der Waals surface area contributed by atoms with Gasteiger partial charge in [0.25, 0.3) is 0 Å². The second-order valence-corrected chi connectivity index (χ2v) is 6.43. The molecule has 1 aromatic rings. The molecule has 1 aliphatic heterocycles. The first-order valence-electron chi connectivity index (χ1n) is 6.61. The van der Waals surface area contributed by atoms with E-state index in [4.69, 9.17) is 17.3 Å². The van der Waals surface area contributed by atoms with Crippen LogP contribution in [0, 0.1) is 19.3 Å². The lowest BCUT2D eigenvalue weighted by Crippen LogP contribution is -2.31. The molecule has 1 fully saturated rings. The van der Waals surface area contributed by atoms with Gasteiger partial charge in [-0.25, -0.2) is 0 Å². The molecule has 1 heterocycles. The van der Waals surface area contributed by atoms with E-state index in [1.807, 2.05) is 0 Å². The molecule has 2 N–H and O–H groups in total. The molecular weight excluding hydrogens is 279 g/mol. The van der Waals surface area contributed by atoms with Crippen molar-refractivity contribution in [3.63, 3.8) is 0 Å². The van der Waals surface area contributed by atoms with E-state index in [1.165, 1.54) is 23.1 Å². The highest BCUT2D eigenvalue weighted by Gasteiger charge is 2.32. The van der Waals surface area contributed by atoms with E-state index < -0.39 is 0 Å². The molecule has 1 aliphatic rings. The van der Waals surface area contributed by atoms with Gasteiger partial charge in [0, 0.05) is 18.1 Å².